The Labute approximate surface area is 135 Å². The van der Waals surface area contributed by atoms with Crippen LogP contribution in [0.1, 0.15) is 18.4 Å². The normalized spacial score (nSPS) is 15.7. The largest absolute Gasteiger partial charge is 0.326 e. The minimum Gasteiger partial charge on any atom is -0.326 e. The lowest BCUT2D eigenvalue weighted by molar-refractivity contribution is 0.329. The van der Waals surface area contributed by atoms with E-state index < -0.39 is 10.0 Å². The molecule has 0 atom stereocenters. The minimum absolute atomic E-state index is 0.0168. The number of hydrogen-bond acceptors (Lipinski definition) is 4. The number of nitrogens with two attached hydrogens (primary N) is 1. The van der Waals surface area contributed by atoms with Gasteiger partial charge in [0.15, 0.2) is 0 Å². The SMILES string of the molecule is CN(CCNS(=O)(=O)c1cc(CN)c(Cl)cc1Cl)C1CC1. The van der Waals surface area contributed by atoms with Crippen LogP contribution in [0, 0.1) is 0 Å². The van der Waals surface area contributed by atoms with E-state index in [2.05, 4.69) is 9.62 Å². The number of hydrogen-bond donors (Lipinski definition) is 2. The molecule has 1 aliphatic rings. The van der Waals surface area contributed by atoms with E-state index >= 15 is 0 Å². The first-order valence-corrected chi connectivity index (χ1v) is 8.97. The van der Waals surface area contributed by atoms with Crippen LogP contribution in [0.25, 0.3) is 0 Å². The first-order valence-electron chi connectivity index (χ1n) is 6.73. The van der Waals surface area contributed by atoms with Crippen molar-refractivity contribution in [3.63, 3.8) is 0 Å². The Hall–Kier alpha value is -0.370. The van der Waals surface area contributed by atoms with Crippen molar-refractivity contribution >= 4 is 33.2 Å². The average Bonchev–Trinajstić information content (AvgIpc) is 3.22. The van der Waals surface area contributed by atoms with Crippen LogP contribution in [-0.2, 0) is 16.6 Å². The Morgan fingerprint density at radius 3 is 2.57 bits per heavy atom. The molecule has 1 aromatic carbocycles. The summed E-state index contributed by atoms with van der Waals surface area (Å²) in [6.07, 6.45) is 2.37. The van der Waals surface area contributed by atoms with Gasteiger partial charge in [-0.2, -0.15) is 0 Å². The number of halogens is 2. The summed E-state index contributed by atoms with van der Waals surface area (Å²) in [6, 6.07) is 3.44. The van der Waals surface area contributed by atoms with Crippen molar-refractivity contribution in [1.29, 1.82) is 0 Å². The maximum Gasteiger partial charge on any atom is 0.242 e. The van der Waals surface area contributed by atoms with Gasteiger partial charge >= 0.3 is 0 Å². The van der Waals surface area contributed by atoms with E-state index in [1.165, 1.54) is 25.0 Å². The van der Waals surface area contributed by atoms with Gasteiger partial charge in [0, 0.05) is 30.7 Å². The second-order valence-corrected chi connectivity index (χ2v) is 7.74. The van der Waals surface area contributed by atoms with Gasteiger partial charge in [0.1, 0.15) is 4.90 Å². The Balaban J connectivity index is 2.07. The van der Waals surface area contributed by atoms with Gasteiger partial charge in [-0.05, 0) is 37.6 Å². The van der Waals surface area contributed by atoms with Crippen molar-refractivity contribution in [3.8, 4) is 0 Å². The number of likely N-dealkylation sites (N-methyl/N-ethyl adjacent to an activating group) is 1. The molecule has 0 radical (unpaired) electrons. The molecule has 0 aromatic heterocycles. The number of benzene rings is 1. The van der Waals surface area contributed by atoms with E-state index in [1.807, 2.05) is 7.05 Å². The lowest BCUT2D eigenvalue weighted by Gasteiger charge is -2.16. The molecule has 1 aromatic rings. The van der Waals surface area contributed by atoms with Gasteiger partial charge in [-0.3, -0.25) is 0 Å². The average molecular weight is 352 g/mol. The highest BCUT2D eigenvalue weighted by Gasteiger charge is 2.26. The van der Waals surface area contributed by atoms with Gasteiger partial charge in [0.05, 0.1) is 5.02 Å². The highest BCUT2D eigenvalue weighted by Crippen LogP contribution is 2.28. The molecule has 0 heterocycles. The van der Waals surface area contributed by atoms with Gasteiger partial charge < -0.3 is 10.6 Å². The van der Waals surface area contributed by atoms with Crippen LogP contribution in [0.15, 0.2) is 17.0 Å². The van der Waals surface area contributed by atoms with Gasteiger partial charge in [-0.15, -0.1) is 0 Å². The summed E-state index contributed by atoms with van der Waals surface area (Å²) >= 11 is 11.9. The van der Waals surface area contributed by atoms with Gasteiger partial charge in [0.25, 0.3) is 0 Å². The van der Waals surface area contributed by atoms with E-state index in [0.29, 0.717) is 29.7 Å². The molecule has 0 amide bonds. The first-order chi connectivity index (χ1) is 9.85. The fourth-order valence-electron chi connectivity index (χ4n) is 2.07. The summed E-state index contributed by atoms with van der Waals surface area (Å²) in [6.45, 7) is 1.16. The van der Waals surface area contributed by atoms with E-state index in [0.717, 1.165) is 0 Å². The predicted octanol–water partition coefficient (Wildman–Crippen LogP) is 1.82. The van der Waals surface area contributed by atoms with Crippen molar-refractivity contribution in [3.05, 3.63) is 27.7 Å². The zero-order valence-electron chi connectivity index (χ0n) is 11.8. The smallest absolute Gasteiger partial charge is 0.242 e. The third-order valence-corrected chi connectivity index (χ3v) is 5.81. The molecular weight excluding hydrogens is 333 g/mol. The molecule has 0 aliphatic heterocycles. The maximum atomic E-state index is 12.3. The highest BCUT2D eigenvalue weighted by atomic mass is 35.5. The third kappa shape index (κ3) is 4.31. The van der Waals surface area contributed by atoms with Crippen LogP contribution in [0.3, 0.4) is 0 Å². The quantitative estimate of drug-likeness (QED) is 0.785. The number of nitrogens with zero attached hydrogens (tertiary/aromatic N) is 1. The monoisotopic (exact) mass is 351 g/mol. The lowest BCUT2D eigenvalue weighted by atomic mass is 10.2. The highest BCUT2D eigenvalue weighted by molar-refractivity contribution is 7.89. The Morgan fingerprint density at radius 1 is 1.33 bits per heavy atom. The van der Waals surface area contributed by atoms with Gasteiger partial charge in [-0.1, -0.05) is 23.2 Å². The molecule has 1 aliphatic carbocycles. The fourth-order valence-corrected chi connectivity index (χ4v) is 3.96. The fraction of sp³-hybridized carbons (Fsp3) is 0.538. The third-order valence-electron chi connectivity index (χ3n) is 3.54. The Bertz CT molecular complexity index is 618. The first kappa shape index (κ1) is 17.0. The molecule has 1 fully saturated rings. The second kappa shape index (κ2) is 6.81. The van der Waals surface area contributed by atoms with Crippen LogP contribution < -0.4 is 10.5 Å². The van der Waals surface area contributed by atoms with Crippen molar-refractivity contribution < 1.29 is 8.42 Å². The van der Waals surface area contributed by atoms with Crippen molar-refractivity contribution in [2.75, 3.05) is 20.1 Å². The van der Waals surface area contributed by atoms with Gasteiger partial charge in [0.2, 0.25) is 10.0 Å². The molecule has 0 unspecified atom stereocenters. The van der Waals surface area contributed by atoms with Crippen LogP contribution in [0.5, 0.6) is 0 Å². The van der Waals surface area contributed by atoms with E-state index in [4.69, 9.17) is 28.9 Å². The maximum absolute atomic E-state index is 12.3. The molecule has 118 valence electrons. The Morgan fingerprint density at radius 2 is 2.00 bits per heavy atom. The van der Waals surface area contributed by atoms with Crippen molar-refractivity contribution in [2.45, 2.75) is 30.3 Å². The topological polar surface area (TPSA) is 75.4 Å². The number of sulfonamides is 1. The van der Waals surface area contributed by atoms with Crippen molar-refractivity contribution in [2.24, 2.45) is 5.73 Å². The van der Waals surface area contributed by atoms with Crippen LogP contribution >= 0.6 is 23.2 Å². The molecule has 2 rings (SSSR count). The zero-order valence-corrected chi connectivity index (χ0v) is 14.1. The zero-order chi connectivity index (χ0) is 15.6. The molecule has 0 bridgehead atoms. The molecule has 21 heavy (non-hydrogen) atoms. The second-order valence-electron chi connectivity index (χ2n) is 5.19. The summed E-state index contributed by atoms with van der Waals surface area (Å²) in [7, 11) is -1.67. The van der Waals surface area contributed by atoms with Gasteiger partial charge in [-0.25, -0.2) is 13.1 Å². The summed E-state index contributed by atoms with van der Waals surface area (Å²) < 4.78 is 27.2. The molecule has 5 nitrogen and oxygen atoms in total. The summed E-state index contributed by atoms with van der Waals surface area (Å²) in [4.78, 5) is 2.17. The molecular formula is C13H19Cl2N3O2S. The molecule has 3 N–H and O–H groups in total. The van der Waals surface area contributed by atoms with Crippen molar-refractivity contribution in [1.82, 2.24) is 9.62 Å². The number of nitrogens with one attached hydrogen (secondary N) is 1. The number of rotatable bonds is 7. The molecule has 8 heteroatoms. The predicted molar refractivity (Wildman–Crippen MR) is 85.2 cm³/mol. The molecule has 0 spiro atoms. The molecule has 0 saturated heterocycles. The van der Waals surface area contributed by atoms with E-state index in [-0.39, 0.29) is 16.5 Å². The summed E-state index contributed by atoms with van der Waals surface area (Å²) in [5.41, 5.74) is 6.10. The summed E-state index contributed by atoms with van der Waals surface area (Å²) in [5.74, 6) is 0. The van der Waals surface area contributed by atoms with E-state index in [9.17, 15) is 8.42 Å². The minimum atomic E-state index is -3.66. The van der Waals surface area contributed by atoms with E-state index in [1.54, 1.807) is 0 Å². The van der Waals surface area contributed by atoms with Crippen LogP contribution in [0.2, 0.25) is 10.0 Å². The Kier molecular flexibility index (Phi) is 5.51. The molecule has 1 saturated carbocycles. The van der Waals surface area contributed by atoms with Crippen LogP contribution in [0.4, 0.5) is 0 Å². The summed E-state index contributed by atoms with van der Waals surface area (Å²) in [5, 5.41) is 0.468. The standard InChI is InChI=1S/C13H19Cl2N3O2S/c1-18(10-2-3-10)5-4-17-21(19,20)13-6-9(8-16)11(14)7-12(13)15/h6-7,10,17H,2-5,8,16H2,1H3. The lowest BCUT2D eigenvalue weighted by Crippen LogP contribution is -2.34. The van der Waals surface area contributed by atoms with Crippen LogP contribution in [-0.4, -0.2) is 39.5 Å².